The largest absolute Gasteiger partial charge is 0.350 e. The van der Waals surface area contributed by atoms with E-state index in [2.05, 4.69) is 5.32 Å². The normalized spacial score (nSPS) is 12.7. The lowest BCUT2D eigenvalue weighted by molar-refractivity contribution is -0.141. The third-order valence-electron chi connectivity index (χ3n) is 6.01. The molecule has 0 aromatic heterocycles. The van der Waals surface area contributed by atoms with Crippen LogP contribution < -0.4 is 9.62 Å². The SMILES string of the molecule is CC[C@H](C(=O)NC(C)(C)C)N(Cc1ccccc1C)C(=O)CN(c1cccc(C)c1C)S(C)(=O)=O. The van der Waals surface area contributed by atoms with Gasteiger partial charge in [0.15, 0.2) is 0 Å². The van der Waals surface area contributed by atoms with Crippen molar-refractivity contribution in [2.45, 2.75) is 73.0 Å². The van der Waals surface area contributed by atoms with Gasteiger partial charge in [0.2, 0.25) is 21.8 Å². The van der Waals surface area contributed by atoms with Gasteiger partial charge in [-0.25, -0.2) is 8.42 Å². The van der Waals surface area contributed by atoms with Crippen molar-refractivity contribution in [3.8, 4) is 0 Å². The van der Waals surface area contributed by atoms with Gasteiger partial charge in [-0.15, -0.1) is 0 Å². The highest BCUT2D eigenvalue weighted by molar-refractivity contribution is 7.92. The van der Waals surface area contributed by atoms with E-state index in [1.165, 1.54) is 4.90 Å². The number of aryl methyl sites for hydroxylation is 2. The Hall–Kier alpha value is -2.87. The van der Waals surface area contributed by atoms with Gasteiger partial charge in [0.05, 0.1) is 11.9 Å². The molecular weight excluding hydrogens is 462 g/mol. The van der Waals surface area contributed by atoms with Gasteiger partial charge in [-0.1, -0.05) is 43.3 Å². The van der Waals surface area contributed by atoms with Crippen molar-refractivity contribution < 1.29 is 18.0 Å². The number of hydrogen-bond acceptors (Lipinski definition) is 4. The second-order valence-electron chi connectivity index (χ2n) is 10.1. The fourth-order valence-corrected chi connectivity index (χ4v) is 4.84. The first kappa shape index (κ1) is 28.4. The standard InChI is InChI=1S/C27H39N3O4S/c1-9-23(26(32)28-27(5,6)7)29(17-22-15-11-10-13-20(22)3)25(31)18-30(35(8,33)34)24-16-12-14-19(2)21(24)4/h10-16,23H,9,17-18H2,1-8H3,(H,28,32)/t23-/m1/s1. The van der Waals surface area contributed by atoms with Crippen molar-refractivity contribution >= 4 is 27.5 Å². The molecule has 0 fully saturated rings. The Morgan fingerprint density at radius 1 is 0.971 bits per heavy atom. The Labute approximate surface area is 210 Å². The van der Waals surface area contributed by atoms with E-state index in [-0.39, 0.29) is 12.5 Å². The van der Waals surface area contributed by atoms with Gasteiger partial charge in [0.1, 0.15) is 12.6 Å². The molecule has 7 nitrogen and oxygen atoms in total. The van der Waals surface area contributed by atoms with Crippen LogP contribution in [0.1, 0.15) is 56.4 Å². The van der Waals surface area contributed by atoms with Crippen molar-refractivity contribution in [2.24, 2.45) is 0 Å². The van der Waals surface area contributed by atoms with E-state index in [1.807, 2.05) is 78.8 Å². The van der Waals surface area contributed by atoms with E-state index < -0.39 is 34.1 Å². The molecule has 2 aromatic rings. The molecule has 0 unspecified atom stereocenters. The average molecular weight is 502 g/mol. The summed E-state index contributed by atoms with van der Waals surface area (Å²) in [7, 11) is -3.76. The average Bonchev–Trinajstić information content (AvgIpc) is 2.73. The summed E-state index contributed by atoms with van der Waals surface area (Å²) in [6.45, 7) is 13.0. The zero-order valence-corrected chi connectivity index (χ0v) is 23.0. The predicted molar refractivity (Wildman–Crippen MR) is 142 cm³/mol. The molecule has 2 rings (SSSR count). The van der Waals surface area contributed by atoms with Crippen LogP contribution in [0.3, 0.4) is 0 Å². The van der Waals surface area contributed by atoms with Crippen LogP contribution in [0.25, 0.3) is 0 Å². The summed E-state index contributed by atoms with van der Waals surface area (Å²) in [5, 5.41) is 2.97. The van der Waals surface area contributed by atoms with Crippen molar-refractivity contribution in [1.29, 1.82) is 0 Å². The summed E-state index contributed by atoms with van der Waals surface area (Å²) in [4.78, 5) is 28.5. The topological polar surface area (TPSA) is 86.8 Å². The molecule has 192 valence electrons. The highest BCUT2D eigenvalue weighted by atomic mass is 32.2. The number of nitrogens with zero attached hydrogens (tertiary/aromatic N) is 2. The zero-order chi connectivity index (χ0) is 26.6. The molecule has 1 atom stereocenters. The summed E-state index contributed by atoms with van der Waals surface area (Å²) in [5.74, 6) is -0.699. The maximum atomic E-state index is 13.8. The Morgan fingerprint density at radius 2 is 1.57 bits per heavy atom. The van der Waals surface area contributed by atoms with Crippen LogP contribution in [0.4, 0.5) is 5.69 Å². The molecule has 35 heavy (non-hydrogen) atoms. The number of anilines is 1. The van der Waals surface area contributed by atoms with Crippen LogP contribution in [0, 0.1) is 20.8 Å². The predicted octanol–water partition coefficient (Wildman–Crippen LogP) is 4.10. The molecule has 2 aromatic carbocycles. The molecule has 8 heteroatoms. The van der Waals surface area contributed by atoms with Gasteiger partial charge in [-0.3, -0.25) is 13.9 Å². The Balaban J connectivity index is 2.52. The van der Waals surface area contributed by atoms with Crippen LogP contribution >= 0.6 is 0 Å². The lowest BCUT2D eigenvalue weighted by Crippen LogP contribution is -2.55. The van der Waals surface area contributed by atoms with E-state index in [0.717, 1.165) is 32.8 Å². The van der Waals surface area contributed by atoms with Crippen molar-refractivity contribution in [3.63, 3.8) is 0 Å². The summed E-state index contributed by atoms with van der Waals surface area (Å²) in [6, 6.07) is 12.3. The Morgan fingerprint density at radius 3 is 2.11 bits per heavy atom. The van der Waals surface area contributed by atoms with Crippen LogP contribution in [0.15, 0.2) is 42.5 Å². The molecule has 0 radical (unpaired) electrons. The molecule has 0 bridgehead atoms. The number of carbonyl (C=O) groups is 2. The van der Waals surface area contributed by atoms with Gasteiger partial charge in [-0.05, 0) is 76.3 Å². The van der Waals surface area contributed by atoms with E-state index >= 15 is 0 Å². The lowest BCUT2D eigenvalue weighted by atomic mass is 10.0. The van der Waals surface area contributed by atoms with Crippen LogP contribution in [0.2, 0.25) is 0 Å². The Bertz CT molecular complexity index is 1170. The molecule has 0 aliphatic carbocycles. The Kier molecular flexibility index (Phi) is 9.11. The third-order valence-corrected chi connectivity index (χ3v) is 7.14. The van der Waals surface area contributed by atoms with E-state index in [9.17, 15) is 18.0 Å². The van der Waals surface area contributed by atoms with Crippen molar-refractivity contribution in [2.75, 3.05) is 17.1 Å². The molecule has 0 aliphatic rings. The minimum absolute atomic E-state index is 0.200. The summed E-state index contributed by atoms with van der Waals surface area (Å²) < 4.78 is 26.7. The van der Waals surface area contributed by atoms with Gasteiger partial charge in [-0.2, -0.15) is 0 Å². The van der Waals surface area contributed by atoms with Crippen LogP contribution in [0.5, 0.6) is 0 Å². The number of carbonyl (C=O) groups excluding carboxylic acids is 2. The third kappa shape index (κ3) is 7.56. The van der Waals surface area contributed by atoms with Crippen LogP contribution in [-0.2, 0) is 26.2 Å². The van der Waals surface area contributed by atoms with E-state index in [0.29, 0.717) is 12.1 Å². The number of benzene rings is 2. The number of rotatable bonds is 9. The second-order valence-corrected chi connectivity index (χ2v) is 12.0. The molecule has 0 heterocycles. The van der Waals surface area contributed by atoms with Gasteiger partial charge in [0.25, 0.3) is 0 Å². The first-order valence-corrected chi connectivity index (χ1v) is 13.7. The maximum Gasteiger partial charge on any atom is 0.244 e. The summed E-state index contributed by atoms with van der Waals surface area (Å²) in [5.41, 5.74) is 3.60. The maximum absolute atomic E-state index is 13.8. The van der Waals surface area contributed by atoms with Crippen LogP contribution in [-0.4, -0.2) is 49.5 Å². The van der Waals surface area contributed by atoms with Gasteiger partial charge < -0.3 is 10.2 Å². The van der Waals surface area contributed by atoms with Gasteiger partial charge in [0, 0.05) is 12.1 Å². The smallest absolute Gasteiger partial charge is 0.244 e. The number of hydrogen-bond donors (Lipinski definition) is 1. The molecule has 0 saturated heterocycles. The number of nitrogens with one attached hydrogen (secondary N) is 1. The molecule has 2 amide bonds. The zero-order valence-electron chi connectivity index (χ0n) is 22.2. The first-order valence-electron chi connectivity index (χ1n) is 11.9. The number of sulfonamides is 1. The minimum atomic E-state index is -3.76. The minimum Gasteiger partial charge on any atom is -0.350 e. The highest BCUT2D eigenvalue weighted by Crippen LogP contribution is 2.26. The molecular formula is C27H39N3O4S. The lowest BCUT2D eigenvalue weighted by Gasteiger charge is -2.35. The molecule has 0 saturated carbocycles. The molecule has 0 spiro atoms. The highest BCUT2D eigenvalue weighted by Gasteiger charge is 2.33. The summed E-state index contributed by atoms with van der Waals surface area (Å²) >= 11 is 0. The molecule has 0 aliphatic heterocycles. The quantitative estimate of drug-likeness (QED) is 0.560. The first-order chi connectivity index (χ1) is 16.2. The van der Waals surface area contributed by atoms with E-state index in [4.69, 9.17) is 0 Å². The summed E-state index contributed by atoms with van der Waals surface area (Å²) in [6.07, 6.45) is 1.49. The van der Waals surface area contributed by atoms with Gasteiger partial charge >= 0.3 is 0 Å². The molecule has 1 N–H and O–H groups in total. The monoisotopic (exact) mass is 501 g/mol. The van der Waals surface area contributed by atoms with Crippen molar-refractivity contribution in [1.82, 2.24) is 10.2 Å². The fraction of sp³-hybridized carbons (Fsp3) is 0.481. The van der Waals surface area contributed by atoms with Crippen molar-refractivity contribution in [3.05, 3.63) is 64.7 Å². The second kappa shape index (κ2) is 11.2. The number of amides is 2. The van der Waals surface area contributed by atoms with E-state index in [1.54, 1.807) is 12.1 Å². The fourth-order valence-electron chi connectivity index (χ4n) is 3.94.